The number of aliphatic hydroxyl groups excluding tert-OH is 1. The summed E-state index contributed by atoms with van der Waals surface area (Å²) in [5, 5.41) is 8.45. The van der Waals surface area contributed by atoms with Gasteiger partial charge in [-0.05, 0) is 6.92 Å². The van der Waals surface area contributed by atoms with Crippen molar-refractivity contribution in [1.82, 2.24) is 9.55 Å². The Morgan fingerprint density at radius 1 is 1.62 bits per heavy atom. The van der Waals surface area contributed by atoms with E-state index >= 15 is 0 Å². The van der Waals surface area contributed by atoms with Gasteiger partial charge in [-0.2, -0.15) is 8.78 Å². The quantitative estimate of drug-likeness (QED) is 0.778. The van der Waals surface area contributed by atoms with Crippen molar-refractivity contribution < 1.29 is 13.9 Å². The van der Waals surface area contributed by atoms with Crippen molar-refractivity contribution in [3.63, 3.8) is 0 Å². The minimum absolute atomic E-state index is 0.135. The topological polar surface area (TPSA) is 38.0 Å². The minimum Gasteiger partial charge on any atom is -0.396 e. The summed E-state index contributed by atoms with van der Waals surface area (Å²) < 4.78 is 27.8. The van der Waals surface area contributed by atoms with Crippen LogP contribution in [0.15, 0.2) is 12.5 Å². The number of nitrogens with zero attached hydrogens (tertiary/aromatic N) is 2. The molecule has 0 amide bonds. The molecule has 0 saturated heterocycles. The lowest BCUT2D eigenvalue weighted by molar-refractivity contribution is -0.0340. The van der Waals surface area contributed by atoms with Crippen molar-refractivity contribution in [3.8, 4) is 0 Å². The van der Waals surface area contributed by atoms with Crippen LogP contribution in [0.2, 0.25) is 0 Å². The van der Waals surface area contributed by atoms with Crippen LogP contribution in [0, 0.1) is 0 Å². The maximum absolute atomic E-state index is 13.2. The predicted octanol–water partition coefficient (Wildman–Crippen LogP) is 1.38. The number of hydrogen-bond acceptors (Lipinski definition) is 2. The first kappa shape index (κ1) is 10.1. The van der Waals surface area contributed by atoms with Crippen LogP contribution in [0.1, 0.15) is 19.0 Å². The zero-order valence-corrected chi connectivity index (χ0v) is 7.37. The summed E-state index contributed by atoms with van der Waals surface area (Å²) in [7, 11) is 0. The van der Waals surface area contributed by atoms with E-state index in [1.807, 2.05) is 0 Å². The lowest BCUT2D eigenvalue weighted by atomic mass is 10.2. The molecule has 0 atom stereocenters. The molecule has 0 aliphatic rings. The van der Waals surface area contributed by atoms with Crippen molar-refractivity contribution in [2.24, 2.45) is 0 Å². The maximum atomic E-state index is 13.2. The molecule has 0 bridgehead atoms. The number of halogens is 2. The molecular weight excluding hydrogens is 178 g/mol. The van der Waals surface area contributed by atoms with Gasteiger partial charge in [-0.25, -0.2) is 4.98 Å². The Morgan fingerprint density at radius 3 is 2.85 bits per heavy atom. The molecule has 13 heavy (non-hydrogen) atoms. The van der Waals surface area contributed by atoms with Crippen molar-refractivity contribution in [2.45, 2.75) is 25.8 Å². The maximum Gasteiger partial charge on any atom is 0.291 e. The summed E-state index contributed by atoms with van der Waals surface area (Å²) in [6.07, 6.45) is 1.94. The third-order valence-corrected chi connectivity index (χ3v) is 1.85. The molecule has 1 N–H and O–H groups in total. The molecule has 0 aliphatic heterocycles. The lowest BCUT2D eigenvalue weighted by Crippen LogP contribution is -2.19. The Hall–Kier alpha value is -0.970. The van der Waals surface area contributed by atoms with E-state index in [2.05, 4.69) is 4.98 Å². The highest BCUT2D eigenvalue weighted by atomic mass is 19.3. The number of alkyl halides is 2. The Morgan fingerprint density at radius 2 is 2.31 bits per heavy atom. The van der Waals surface area contributed by atoms with Crippen LogP contribution in [-0.4, -0.2) is 21.3 Å². The number of imidazole rings is 1. The second-order valence-electron chi connectivity index (χ2n) is 2.74. The molecule has 0 saturated carbocycles. The van der Waals surface area contributed by atoms with Gasteiger partial charge in [0.1, 0.15) is 5.69 Å². The van der Waals surface area contributed by atoms with Crippen LogP contribution in [0.4, 0.5) is 8.78 Å². The van der Waals surface area contributed by atoms with Crippen LogP contribution in [0.25, 0.3) is 0 Å². The highest BCUT2D eigenvalue weighted by Gasteiger charge is 2.33. The van der Waals surface area contributed by atoms with E-state index < -0.39 is 19.0 Å². The summed E-state index contributed by atoms with van der Waals surface area (Å²) in [5.41, 5.74) is -0.135. The van der Waals surface area contributed by atoms with Gasteiger partial charge in [0.05, 0.1) is 12.5 Å². The highest BCUT2D eigenvalue weighted by molar-refractivity contribution is 5.06. The molecule has 1 heterocycles. The molecule has 0 aromatic carbocycles. The van der Waals surface area contributed by atoms with Crippen LogP contribution in [0.5, 0.6) is 0 Å². The fraction of sp³-hybridized carbons (Fsp3) is 0.625. The Labute approximate surface area is 75.0 Å². The first-order valence-corrected chi connectivity index (χ1v) is 4.11. The molecular formula is C8H12F2N2O. The van der Waals surface area contributed by atoms with Crippen molar-refractivity contribution in [2.75, 3.05) is 6.61 Å². The van der Waals surface area contributed by atoms with Gasteiger partial charge in [0, 0.05) is 19.6 Å². The van der Waals surface area contributed by atoms with Crippen molar-refractivity contribution in [1.29, 1.82) is 0 Å². The van der Waals surface area contributed by atoms with Gasteiger partial charge >= 0.3 is 0 Å². The average Bonchev–Trinajstić information content (AvgIpc) is 2.51. The van der Waals surface area contributed by atoms with E-state index in [4.69, 9.17) is 5.11 Å². The van der Waals surface area contributed by atoms with Crippen LogP contribution in [0.3, 0.4) is 0 Å². The Bertz CT molecular complexity index is 273. The van der Waals surface area contributed by atoms with Crippen LogP contribution >= 0.6 is 0 Å². The second kappa shape index (κ2) is 3.83. The molecule has 1 aromatic rings. The molecule has 0 spiro atoms. The molecule has 74 valence electrons. The highest BCUT2D eigenvalue weighted by Crippen LogP contribution is 2.30. The second-order valence-corrected chi connectivity index (χ2v) is 2.74. The van der Waals surface area contributed by atoms with E-state index in [1.54, 1.807) is 6.92 Å². The Balaban J connectivity index is 2.91. The molecule has 1 rings (SSSR count). The smallest absolute Gasteiger partial charge is 0.291 e. The first-order chi connectivity index (χ1) is 6.11. The summed E-state index contributed by atoms with van der Waals surface area (Å²) in [4.78, 5) is 3.64. The standard InChI is InChI=1S/C8H12F2N2O/c1-2-12-6-11-5-7(12)8(9,10)3-4-13/h5-6,13H,2-4H2,1H3. The monoisotopic (exact) mass is 190 g/mol. The van der Waals surface area contributed by atoms with Gasteiger partial charge in [-0.3, -0.25) is 0 Å². The number of rotatable bonds is 4. The van der Waals surface area contributed by atoms with Crippen LogP contribution in [-0.2, 0) is 12.5 Å². The largest absolute Gasteiger partial charge is 0.396 e. The molecule has 3 nitrogen and oxygen atoms in total. The van der Waals surface area contributed by atoms with Crippen LogP contribution < -0.4 is 0 Å². The van der Waals surface area contributed by atoms with E-state index in [-0.39, 0.29) is 5.69 Å². The molecule has 0 aliphatic carbocycles. The van der Waals surface area contributed by atoms with Gasteiger partial charge in [0.2, 0.25) is 0 Å². The molecule has 0 fully saturated rings. The number of aromatic nitrogens is 2. The Kier molecular flexibility index (Phi) is 2.98. The first-order valence-electron chi connectivity index (χ1n) is 4.11. The van der Waals surface area contributed by atoms with Gasteiger partial charge in [0.25, 0.3) is 5.92 Å². The third-order valence-electron chi connectivity index (χ3n) is 1.85. The third kappa shape index (κ3) is 2.03. The van der Waals surface area contributed by atoms with Gasteiger partial charge < -0.3 is 9.67 Å². The van der Waals surface area contributed by atoms with Gasteiger partial charge in [0.15, 0.2) is 0 Å². The summed E-state index contributed by atoms with van der Waals surface area (Å²) >= 11 is 0. The van der Waals surface area contributed by atoms with Crippen molar-refractivity contribution in [3.05, 3.63) is 18.2 Å². The lowest BCUT2D eigenvalue weighted by Gasteiger charge is -2.16. The number of aryl methyl sites for hydroxylation is 1. The SMILES string of the molecule is CCn1cncc1C(F)(F)CCO. The predicted molar refractivity (Wildman–Crippen MR) is 43.5 cm³/mol. The molecule has 5 heteroatoms. The normalized spacial score (nSPS) is 12.0. The minimum atomic E-state index is -2.98. The summed E-state index contributed by atoms with van der Waals surface area (Å²) in [5.74, 6) is -2.98. The zero-order chi connectivity index (χ0) is 9.90. The molecule has 0 unspecified atom stereocenters. The van der Waals surface area contributed by atoms with Gasteiger partial charge in [-0.15, -0.1) is 0 Å². The molecule has 1 aromatic heterocycles. The number of aliphatic hydroxyl groups is 1. The summed E-state index contributed by atoms with van der Waals surface area (Å²) in [6.45, 7) is 1.69. The number of hydrogen-bond donors (Lipinski definition) is 1. The zero-order valence-electron chi connectivity index (χ0n) is 7.37. The fourth-order valence-corrected chi connectivity index (χ4v) is 1.15. The van der Waals surface area contributed by atoms with E-state index in [0.717, 1.165) is 6.20 Å². The average molecular weight is 190 g/mol. The van der Waals surface area contributed by atoms with E-state index in [1.165, 1.54) is 10.9 Å². The molecule has 0 radical (unpaired) electrons. The van der Waals surface area contributed by atoms with E-state index in [0.29, 0.717) is 6.54 Å². The summed E-state index contributed by atoms with van der Waals surface area (Å²) in [6, 6.07) is 0. The van der Waals surface area contributed by atoms with E-state index in [9.17, 15) is 8.78 Å². The van der Waals surface area contributed by atoms with Gasteiger partial charge in [-0.1, -0.05) is 0 Å². The van der Waals surface area contributed by atoms with Crippen molar-refractivity contribution >= 4 is 0 Å². The fourth-order valence-electron chi connectivity index (χ4n) is 1.15.